The molecule has 118 valence electrons. The molecule has 0 aliphatic rings. The van der Waals surface area contributed by atoms with Gasteiger partial charge >= 0.3 is 5.97 Å². The first kappa shape index (κ1) is 19.0. The van der Waals surface area contributed by atoms with Gasteiger partial charge in [-0.1, -0.05) is 20.8 Å². The van der Waals surface area contributed by atoms with Gasteiger partial charge < -0.3 is 9.16 Å². The van der Waals surface area contributed by atoms with E-state index in [1.807, 2.05) is 13.1 Å². The molecule has 0 aromatic heterocycles. The van der Waals surface area contributed by atoms with Gasteiger partial charge in [-0.25, -0.2) is 0 Å². The van der Waals surface area contributed by atoms with Gasteiger partial charge in [-0.05, 0) is 32.0 Å². The molecule has 0 fully saturated rings. The van der Waals surface area contributed by atoms with Crippen molar-refractivity contribution in [1.82, 2.24) is 0 Å². The Morgan fingerprint density at radius 1 is 1.20 bits per heavy atom. The molecule has 0 aromatic carbocycles. The number of carbonyl (C=O) groups excluding carboxylic acids is 1. The molecule has 3 unspecified atom stereocenters. The smallest absolute Gasteiger partial charge is 0.303 e. The average molecular weight is 305 g/mol. The van der Waals surface area contributed by atoms with Crippen LogP contribution in [0.1, 0.15) is 41.5 Å². The molecule has 0 bridgehead atoms. The predicted octanol–water partition coefficient (Wildman–Crippen LogP) is 2.99. The van der Waals surface area contributed by atoms with Crippen molar-refractivity contribution in [2.45, 2.75) is 77.9 Å². The first-order valence-electron chi connectivity index (χ1n) is 6.78. The van der Waals surface area contributed by atoms with Gasteiger partial charge in [0.1, 0.15) is 6.10 Å². The van der Waals surface area contributed by atoms with E-state index in [4.69, 9.17) is 9.16 Å². The number of esters is 1. The van der Waals surface area contributed by atoms with E-state index >= 15 is 0 Å². The Morgan fingerprint density at radius 2 is 1.65 bits per heavy atom. The van der Waals surface area contributed by atoms with Crippen LogP contribution in [0.25, 0.3) is 0 Å². The molecule has 0 heterocycles. The fourth-order valence-electron chi connectivity index (χ4n) is 1.77. The summed E-state index contributed by atoms with van der Waals surface area (Å²) in [6.07, 6.45) is -1.43. The summed E-state index contributed by atoms with van der Waals surface area (Å²) in [5.41, 5.74) is 0. The quantitative estimate of drug-likeness (QED) is 0.326. The average Bonchev–Trinajstić information content (AvgIpc) is 2.11. The number of nitrogens with zero attached hydrogens (tertiary/aromatic N) is 1. The fraction of sp³-hybridized carbons (Fsp3) is 0.923. The van der Waals surface area contributed by atoms with Crippen LogP contribution in [-0.2, 0) is 14.0 Å². The summed E-state index contributed by atoms with van der Waals surface area (Å²) in [6.45, 7) is 14.7. The van der Waals surface area contributed by atoms with Crippen molar-refractivity contribution >= 4 is 14.3 Å². The van der Waals surface area contributed by atoms with Crippen LogP contribution in [0.2, 0.25) is 18.1 Å². The maximum Gasteiger partial charge on any atom is 0.303 e. The van der Waals surface area contributed by atoms with Crippen LogP contribution in [0.5, 0.6) is 0 Å². The molecular weight excluding hydrogens is 278 g/mol. The molecule has 20 heavy (non-hydrogen) atoms. The van der Waals surface area contributed by atoms with Crippen molar-refractivity contribution < 1.29 is 18.9 Å². The monoisotopic (exact) mass is 305 g/mol. The molecule has 0 rings (SSSR count). The predicted molar refractivity (Wildman–Crippen MR) is 79.8 cm³/mol. The number of rotatable bonds is 6. The number of carbonyl (C=O) groups is 1. The molecule has 0 aliphatic carbocycles. The highest BCUT2D eigenvalue weighted by molar-refractivity contribution is 6.74. The lowest BCUT2D eigenvalue weighted by molar-refractivity contribution is -0.543. The maximum absolute atomic E-state index is 11.2. The molecule has 0 N–H and O–H groups in total. The van der Waals surface area contributed by atoms with E-state index in [1.165, 1.54) is 13.8 Å². The Bertz CT molecular complexity index is 364. The Labute approximate surface area is 122 Å². The second-order valence-corrected chi connectivity index (χ2v) is 11.4. The Morgan fingerprint density at radius 3 is 1.95 bits per heavy atom. The summed E-state index contributed by atoms with van der Waals surface area (Å²) < 4.78 is 11.0. The molecule has 3 atom stereocenters. The highest BCUT2D eigenvalue weighted by Crippen LogP contribution is 2.37. The van der Waals surface area contributed by atoms with E-state index in [-0.39, 0.29) is 5.04 Å². The topological polar surface area (TPSA) is 78.7 Å². The van der Waals surface area contributed by atoms with Crippen LogP contribution in [0.4, 0.5) is 0 Å². The molecular formula is C13H27NO5Si. The van der Waals surface area contributed by atoms with Gasteiger partial charge in [-0.2, -0.15) is 0 Å². The number of hydrogen-bond donors (Lipinski definition) is 0. The zero-order valence-corrected chi connectivity index (χ0v) is 14.7. The van der Waals surface area contributed by atoms with Gasteiger partial charge in [0.05, 0.1) is 0 Å². The van der Waals surface area contributed by atoms with Crippen LogP contribution >= 0.6 is 0 Å². The third-order valence-electron chi connectivity index (χ3n) is 3.84. The van der Waals surface area contributed by atoms with Crippen LogP contribution in [0.15, 0.2) is 0 Å². The summed E-state index contributed by atoms with van der Waals surface area (Å²) >= 11 is 0. The Balaban J connectivity index is 5.05. The number of nitro groups is 1. The largest absolute Gasteiger partial charge is 0.455 e. The molecule has 6 nitrogen and oxygen atoms in total. The van der Waals surface area contributed by atoms with E-state index in [9.17, 15) is 14.9 Å². The van der Waals surface area contributed by atoms with Crippen LogP contribution in [-0.4, -0.2) is 37.5 Å². The third-order valence-corrected chi connectivity index (χ3v) is 8.42. The first-order chi connectivity index (χ1) is 8.79. The normalized spacial score (nSPS) is 17.2. The van der Waals surface area contributed by atoms with Gasteiger partial charge in [-0.3, -0.25) is 14.9 Å². The minimum atomic E-state index is -2.11. The molecule has 0 aromatic rings. The van der Waals surface area contributed by atoms with Gasteiger partial charge in [0.2, 0.25) is 0 Å². The van der Waals surface area contributed by atoms with Crippen molar-refractivity contribution in [2.24, 2.45) is 0 Å². The van der Waals surface area contributed by atoms with Crippen molar-refractivity contribution in [3.8, 4) is 0 Å². The van der Waals surface area contributed by atoms with E-state index in [0.717, 1.165) is 0 Å². The number of hydrogen-bond acceptors (Lipinski definition) is 5. The fourth-order valence-corrected chi connectivity index (χ4v) is 3.19. The van der Waals surface area contributed by atoms with E-state index in [2.05, 4.69) is 20.8 Å². The summed E-state index contributed by atoms with van der Waals surface area (Å²) in [6, 6.07) is -1.06. The van der Waals surface area contributed by atoms with E-state index in [0.29, 0.717) is 0 Å². The molecule has 0 aliphatic heterocycles. The summed E-state index contributed by atoms with van der Waals surface area (Å²) in [5.74, 6) is -0.524. The summed E-state index contributed by atoms with van der Waals surface area (Å²) in [4.78, 5) is 21.8. The van der Waals surface area contributed by atoms with Gasteiger partial charge in [-0.15, -0.1) is 0 Å². The van der Waals surface area contributed by atoms with Crippen molar-refractivity contribution in [2.75, 3.05) is 0 Å². The molecule has 0 saturated carbocycles. The zero-order valence-electron chi connectivity index (χ0n) is 13.7. The van der Waals surface area contributed by atoms with Crippen molar-refractivity contribution in [1.29, 1.82) is 0 Å². The molecule has 0 saturated heterocycles. The summed E-state index contributed by atoms with van der Waals surface area (Å²) in [7, 11) is -2.11. The maximum atomic E-state index is 11.2. The zero-order chi connectivity index (χ0) is 16.3. The van der Waals surface area contributed by atoms with Crippen LogP contribution < -0.4 is 0 Å². The van der Waals surface area contributed by atoms with Gasteiger partial charge in [0.15, 0.2) is 14.4 Å². The van der Waals surface area contributed by atoms with E-state index in [1.54, 1.807) is 6.92 Å². The van der Waals surface area contributed by atoms with Gasteiger partial charge in [0.25, 0.3) is 6.04 Å². The summed E-state index contributed by atoms with van der Waals surface area (Å²) in [5, 5.41) is 11.2. The molecule has 0 amide bonds. The lowest BCUT2D eigenvalue weighted by Crippen LogP contribution is -2.51. The molecule has 0 radical (unpaired) electrons. The van der Waals surface area contributed by atoms with Crippen molar-refractivity contribution in [3.63, 3.8) is 0 Å². The Kier molecular flexibility index (Phi) is 6.35. The Hall–Kier alpha value is -0.953. The standard InChI is InChI=1S/C13H27NO5Si/c1-9(18-11(3)15)12(14(16)17)10(2)19-20(7,8)13(4,5)6/h9-10,12H,1-8H3. The number of ether oxygens (including phenoxy) is 1. The second-order valence-electron chi connectivity index (χ2n) is 6.67. The molecule has 0 spiro atoms. The lowest BCUT2D eigenvalue weighted by atomic mass is 10.1. The lowest BCUT2D eigenvalue weighted by Gasteiger charge is -2.39. The molecule has 7 heteroatoms. The highest BCUT2D eigenvalue weighted by atomic mass is 28.4. The van der Waals surface area contributed by atoms with Crippen molar-refractivity contribution in [3.05, 3.63) is 10.1 Å². The second kappa shape index (κ2) is 6.67. The third kappa shape index (κ3) is 5.20. The minimum absolute atomic E-state index is 0.0346. The van der Waals surface area contributed by atoms with Gasteiger partial charge in [0, 0.05) is 11.8 Å². The highest BCUT2D eigenvalue weighted by Gasteiger charge is 2.44. The van der Waals surface area contributed by atoms with E-state index < -0.39 is 37.5 Å². The van der Waals surface area contributed by atoms with Crippen LogP contribution in [0, 0.1) is 10.1 Å². The first-order valence-corrected chi connectivity index (χ1v) is 9.69. The SMILES string of the molecule is CC(=O)OC(C)C(C(C)O[Si](C)(C)C(C)(C)C)[N+](=O)[O-]. The minimum Gasteiger partial charge on any atom is -0.455 e. The van der Waals surface area contributed by atoms with Crippen LogP contribution in [0.3, 0.4) is 0 Å².